The van der Waals surface area contributed by atoms with Gasteiger partial charge in [-0.25, -0.2) is 19.6 Å². The summed E-state index contributed by atoms with van der Waals surface area (Å²) in [5.41, 5.74) is 2.81. The fourth-order valence-electron chi connectivity index (χ4n) is 3.45. The highest BCUT2D eigenvalue weighted by atomic mass is 16.5. The second kappa shape index (κ2) is 10.7. The van der Waals surface area contributed by atoms with Crippen LogP contribution in [0.4, 0.5) is 0 Å². The number of hydrogen-bond acceptors (Lipinski definition) is 6. The van der Waals surface area contributed by atoms with Crippen molar-refractivity contribution in [3.05, 3.63) is 57.3 Å². The Morgan fingerprint density at radius 2 is 1.88 bits per heavy atom. The molecule has 3 rings (SSSR count). The van der Waals surface area contributed by atoms with Crippen molar-refractivity contribution in [2.75, 3.05) is 7.11 Å². The monoisotopic (exact) mass is 438 g/mol. The van der Waals surface area contributed by atoms with E-state index in [9.17, 15) is 14.7 Å². The summed E-state index contributed by atoms with van der Waals surface area (Å²) in [4.78, 5) is 36.0. The number of imidazole rings is 1. The second-order valence-electron chi connectivity index (χ2n) is 7.76. The highest BCUT2D eigenvalue weighted by Crippen LogP contribution is 2.23. The molecule has 1 aliphatic rings. The average molecular weight is 439 g/mol. The molecule has 0 aliphatic carbocycles. The van der Waals surface area contributed by atoms with E-state index < -0.39 is 0 Å². The number of benzene rings is 1. The van der Waals surface area contributed by atoms with Crippen molar-refractivity contribution in [3.63, 3.8) is 0 Å². The van der Waals surface area contributed by atoms with E-state index in [2.05, 4.69) is 16.9 Å². The molecule has 0 atom stereocenters. The first-order valence-electron chi connectivity index (χ1n) is 11.0. The number of esters is 1. The lowest BCUT2D eigenvalue weighted by Crippen LogP contribution is -2.16. The zero-order valence-corrected chi connectivity index (χ0v) is 18.9. The quantitative estimate of drug-likeness (QED) is 0.544. The van der Waals surface area contributed by atoms with Gasteiger partial charge in [-0.15, -0.1) is 0 Å². The van der Waals surface area contributed by atoms with Crippen LogP contribution in [0.25, 0.3) is 6.08 Å². The Labute approximate surface area is 187 Å². The zero-order chi connectivity index (χ0) is 23.1. The number of aromatic amines is 1. The number of ether oxygens (including phenoxy) is 1. The maximum atomic E-state index is 12.2. The molecule has 2 N–H and O–H groups in total. The number of nitrogens with zero attached hydrogens (tertiary/aromatic N) is 3. The molecule has 0 unspecified atom stereocenters. The molecule has 0 saturated heterocycles. The maximum Gasteiger partial charge on any atom is 0.337 e. The van der Waals surface area contributed by atoms with Crippen molar-refractivity contribution in [3.8, 4) is 5.88 Å². The van der Waals surface area contributed by atoms with E-state index in [1.807, 2.05) is 19.1 Å². The van der Waals surface area contributed by atoms with E-state index in [0.29, 0.717) is 29.9 Å². The number of aliphatic imine (C=N–C) groups is 2. The molecular formula is C24H30N4O4. The number of aromatic hydroxyl groups is 1. The summed E-state index contributed by atoms with van der Waals surface area (Å²) in [5.74, 6) is 0.272. The van der Waals surface area contributed by atoms with Crippen molar-refractivity contribution in [1.29, 1.82) is 0 Å². The van der Waals surface area contributed by atoms with Crippen LogP contribution in [0.3, 0.4) is 0 Å². The number of methoxy groups -OCH3 is 1. The third-order valence-electron chi connectivity index (χ3n) is 5.31. The predicted octanol–water partition coefficient (Wildman–Crippen LogP) is 4.10. The number of carbonyl (C=O) groups is 1. The van der Waals surface area contributed by atoms with E-state index in [4.69, 9.17) is 9.73 Å². The first kappa shape index (κ1) is 23.2. The number of H-pyrrole nitrogens is 1. The van der Waals surface area contributed by atoms with Crippen molar-refractivity contribution in [2.45, 2.75) is 58.9 Å². The average Bonchev–Trinajstić information content (AvgIpc) is 3.30. The van der Waals surface area contributed by atoms with Crippen LogP contribution in [0, 0.1) is 0 Å². The fourth-order valence-corrected chi connectivity index (χ4v) is 3.45. The Balaban J connectivity index is 1.89. The molecule has 32 heavy (non-hydrogen) atoms. The summed E-state index contributed by atoms with van der Waals surface area (Å²) in [6, 6.07) is 7.15. The number of carbonyl (C=O) groups excluding carboxylic acids is 1. The number of rotatable bonds is 10. The van der Waals surface area contributed by atoms with Crippen molar-refractivity contribution >= 4 is 23.6 Å². The Hall–Kier alpha value is -3.42. The van der Waals surface area contributed by atoms with Crippen LogP contribution in [0.2, 0.25) is 0 Å². The number of aromatic nitrogens is 2. The lowest BCUT2D eigenvalue weighted by molar-refractivity contribution is 0.0600. The van der Waals surface area contributed by atoms with Crippen LogP contribution in [0.5, 0.6) is 5.88 Å². The van der Waals surface area contributed by atoms with Crippen LogP contribution in [-0.4, -0.2) is 39.3 Å². The first-order chi connectivity index (χ1) is 15.5. The van der Waals surface area contributed by atoms with E-state index >= 15 is 0 Å². The smallest absolute Gasteiger partial charge is 0.337 e. The highest BCUT2D eigenvalue weighted by molar-refractivity contribution is 6.15. The third-order valence-corrected chi connectivity index (χ3v) is 5.31. The molecule has 8 heteroatoms. The van der Waals surface area contributed by atoms with Crippen molar-refractivity contribution in [1.82, 2.24) is 9.55 Å². The van der Waals surface area contributed by atoms with Gasteiger partial charge in [0, 0.05) is 19.4 Å². The SMILES string of the molecule is CCCCC1=NC(=Cc2[nH]c(=O)n(CCCC)c2O)C(Cc2ccc(C(=O)OC)cc2)=N1. The molecule has 0 fully saturated rings. The van der Waals surface area contributed by atoms with E-state index in [0.717, 1.165) is 49.2 Å². The molecule has 1 aromatic carbocycles. The first-order valence-corrected chi connectivity index (χ1v) is 11.0. The summed E-state index contributed by atoms with van der Waals surface area (Å²) in [5, 5.41) is 10.5. The summed E-state index contributed by atoms with van der Waals surface area (Å²) in [6.07, 6.45) is 6.68. The number of amidine groups is 1. The zero-order valence-electron chi connectivity index (χ0n) is 18.9. The molecule has 1 aromatic heterocycles. The van der Waals surface area contributed by atoms with Gasteiger partial charge in [0.2, 0.25) is 5.88 Å². The van der Waals surface area contributed by atoms with Crippen LogP contribution in [-0.2, 0) is 17.7 Å². The second-order valence-corrected chi connectivity index (χ2v) is 7.76. The van der Waals surface area contributed by atoms with Gasteiger partial charge in [0.1, 0.15) is 11.5 Å². The highest BCUT2D eigenvalue weighted by Gasteiger charge is 2.19. The van der Waals surface area contributed by atoms with Gasteiger partial charge in [-0.1, -0.05) is 38.8 Å². The van der Waals surface area contributed by atoms with Crippen molar-refractivity contribution in [2.24, 2.45) is 9.98 Å². The van der Waals surface area contributed by atoms with Gasteiger partial charge in [-0.2, -0.15) is 0 Å². The standard InChI is InChI=1S/C24H30N4O4/c1-4-6-8-21-25-18(14-16-9-11-17(12-10-16)23(30)32-3)19(26-21)15-20-22(29)28(13-7-5-2)24(31)27-20/h9-12,15,29H,4-8,13-14H2,1-3H3,(H,27,31). The summed E-state index contributed by atoms with van der Waals surface area (Å²) < 4.78 is 6.09. The van der Waals surface area contributed by atoms with Crippen LogP contribution < -0.4 is 5.69 Å². The van der Waals surface area contributed by atoms with E-state index in [-0.39, 0.29) is 17.5 Å². The fraction of sp³-hybridized carbons (Fsp3) is 0.417. The molecule has 0 radical (unpaired) electrons. The van der Waals surface area contributed by atoms with Gasteiger partial charge in [0.05, 0.1) is 24.1 Å². The summed E-state index contributed by atoms with van der Waals surface area (Å²) in [6.45, 7) is 4.60. The van der Waals surface area contributed by atoms with Crippen LogP contribution >= 0.6 is 0 Å². The Kier molecular flexibility index (Phi) is 7.81. The normalized spacial score (nSPS) is 14.5. The van der Waals surface area contributed by atoms with Gasteiger partial charge in [-0.3, -0.25) is 4.57 Å². The predicted molar refractivity (Wildman–Crippen MR) is 125 cm³/mol. The summed E-state index contributed by atoms with van der Waals surface area (Å²) >= 11 is 0. The van der Waals surface area contributed by atoms with E-state index in [1.165, 1.54) is 11.7 Å². The number of nitrogens with one attached hydrogen (secondary N) is 1. The van der Waals surface area contributed by atoms with Crippen molar-refractivity contribution < 1.29 is 14.6 Å². The lowest BCUT2D eigenvalue weighted by atomic mass is 10.0. The Bertz CT molecular complexity index is 1100. The minimum Gasteiger partial charge on any atom is -0.493 e. The van der Waals surface area contributed by atoms with Gasteiger partial charge >= 0.3 is 11.7 Å². The van der Waals surface area contributed by atoms with Gasteiger partial charge in [0.25, 0.3) is 0 Å². The topological polar surface area (TPSA) is 109 Å². The number of hydrogen-bond donors (Lipinski definition) is 2. The van der Waals surface area contributed by atoms with E-state index in [1.54, 1.807) is 18.2 Å². The molecule has 2 aromatic rings. The summed E-state index contributed by atoms with van der Waals surface area (Å²) in [7, 11) is 1.35. The largest absolute Gasteiger partial charge is 0.493 e. The number of allylic oxidation sites excluding steroid dienone is 1. The molecule has 0 bridgehead atoms. The molecule has 0 saturated carbocycles. The Morgan fingerprint density at radius 1 is 1.16 bits per heavy atom. The van der Waals surface area contributed by atoms with Crippen LogP contribution in [0.1, 0.15) is 67.6 Å². The third kappa shape index (κ3) is 5.43. The molecule has 1 aliphatic heterocycles. The minimum atomic E-state index is -0.382. The molecular weight excluding hydrogens is 408 g/mol. The molecule has 170 valence electrons. The Morgan fingerprint density at radius 3 is 2.53 bits per heavy atom. The maximum absolute atomic E-state index is 12.2. The minimum absolute atomic E-state index is 0.0880. The molecule has 8 nitrogen and oxygen atoms in total. The lowest BCUT2D eigenvalue weighted by Gasteiger charge is -2.05. The molecule has 0 spiro atoms. The van der Waals surface area contributed by atoms with Gasteiger partial charge in [-0.05, 0) is 36.6 Å². The number of unbranched alkanes of at least 4 members (excludes halogenated alkanes) is 2. The molecule has 2 heterocycles. The van der Waals surface area contributed by atoms with Gasteiger partial charge < -0.3 is 14.8 Å². The van der Waals surface area contributed by atoms with Gasteiger partial charge in [0.15, 0.2) is 0 Å². The molecule has 0 amide bonds. The van der Waals surface area contributed by atoms with Crippen LogP contribution in [0.15, 0.2) is 44.7 Å².